The van der Waals surface area contributed by atoms with E-state index in [9.17, 15) is 14.7 Å². The largest absolute Gasteiger partial charge is 0.478 e. The number of aromatic carboxylic acids is 1. The van der Waals surface area contributed by atoms with Crippen LogP contribution in [-0.4, -0.2) is 21.6 Å². The van der Waals surface area contributed by atoms with Crippen LogP contribution in [0.1, 0.15) is 74.5 Å². The van der Waals surface area contributed by atoms with Gasteiger partial charge in [-0.15, -0.1) is 0 Å². The Hall–Kier alpha value is -4.64. The van der Waals surface area contributed by atoms with E-state index in [0.29, 0.717) is 23.2 Å². The number of hydrogen-bond acceptors (Lipinski definition) is 2. The maximum Gasteiger partial charge on any atom is 0.336 e. The van der Waals surface area contributed by atoms with Crippen molar-refractivity contribution >= 4 is 22.8 Å². The predicted molar refractivity (Wildman–Crippen MR) is 168 cm³/mol. The monoisotopic (exact) mass is 556 g/mol. The van der Waals surface area contributed by atoms with Crippen molar-refractivity contribution in [3.05, 3.63) is 130 Å². The van der Waals surface area contributed by atoms with Crippen molar-refractivity contribution in [2.75, 3.05) is 0 Å². The minimum atomic E-state index is -0.930. The van der Waals surface area contributed by atoms with E-state index in [-0.39, 0.29) is 11.9 Å². The van der Waals surface area contributed by atoms with Crippen molar-refractivity contribution < 1.29 is 14.7 Å². The number of nitrogens with zero attached hydrogens (tertiary/aromatic N) is 1. The number of benzene rings is 4. The number of carbonyl (C=O) groups is 2. The van der Waals surface area contributed by atoms with E-state index in [4.69, 9.17) is 0 Å². The number of rotatable bonds is 9. The van der Waals surface area contributed by atoms with Crippen molar-refractivity contribution in [3.8, 4) is 11.1 Å². The van der Waals surface area contributed by atoms with Gasteiger partial charge >= 0.3 is 5.97 Å². The molecule has 1 atom stereocenters. The normalized spacial score (nSPS) is 13.7. The number of carbonyl (C=O) groups excluding carboxylic acids is 1. The molecule has 1 heterocycles. The number of carboxylic acid groups (broad SMARTS) is 1. The molecule has 1 aromatic heterocycles. The first-order valence-electron chi connectivity index (χ1n) is 14.7. The molecule has 1 fully saturated rings. The van der Waals surface area contributed by atoms with Gasteiger partial charge in [-0.1, -0.05) is 66.7 Å². The lowest BCUT2D eigenvalue weighted by atomic mass is 9.99. The molecule has 5 heteroatoms. The molecule has 42 heavy (non-hydrogen) atoms. The maximum absolute atomic E-state index is 13.3. The maximum atomic E-state index is 13.3. The molecule has 0 bridgehead atoms. The van der Waals surface area contributed by atoms with Gasteiger partial charge in [-0.25, -0.2) is 4.79 Å². The zero-order chi connectivity index (χ0) is 29.4. The number of amides is 1. The number of hydrogen-bond donors (Lipinski definition) is 2. The molecular weight excluding hydrogens is 520 g/mol. The summed E-state index contributed by atoms with van der Waals surface area (Å²) in [5, 5.41) is 13.8. The first-order chi connectivity index (χ1) is 20.3. The van der Waals surface area contributed by atoms with Crippen molar-refractivity contribution in [3.63, 3.8) is 0 Å². The van der Waals surface area contributed by atoms with Gasteiger partial charge in [-0.3, -0.25) is 4.79 Å². The quantitative estimate of drug-likeness (QED) is 0.193. The van der Waals surface area contributed by atoms with Gasteiger partial charge in [0, 0.05) is 28.7 Å². The lowest BCUT2D eigenvalue weighted by Gasteiger charge is -2.16. The Morgan fingerprint density at radius 3 is 2.40 bits per heavy atom. The van der Waals surface area contributed by atoms with E-state index in [1.807, 2.05) is 49.4 Å². The van der Waals surface area contributed by atoms with E-state index < -0.39 is 5.97 Å². The second-order valence-electron chi connectivity index (χ2n) is 11.7. The van der Waals surface area contributed by atoms with Gasteiger partial charge in [0.2, 0.25) is 0 Å². The fraction of sp³-hybridized carbons (Fsp3) is 0.243. The van der Waals surface area contributed by atoms with Crippen LogP contribution in [0.4, 0.5) is 0 Å². The molecule has 0 unspecified atom stereocenters. The summed E-state index contributed by atoms with van der Waals surface area (Å²) in [6.45, 7) is 6.94. The number of aromatic nitrogens is 1. The zero-order valence-corrected chi connectivity index (χ0v) is 24.4. The molecule has 212 valence electrons. The third kappa shape index (κ3) is 5.60. The van der Waals surface area contributed by atoms with Crippen LogP contribution in [0.5, 0.6) is 0 Å². The van der Waals surface area contributed by atoms with Crippen LogP contribution in [-0.2, 0) is 13.0 Å². The highest BCUT2D eigenvalue weighted by Gasteiger charge is 2.22. The summed E-state index contributed by atoms with van der Waals surface area (Å²) < 4.78 is 2.28. The summed E-state index contributed by atoms with van der Waals surface area (Å²) in [6.07, 6.45) is 3.79. The predicted octanol–water partition coefficient (Wildman–Crippen LogP) is 8.12. The van der Waals surface area contributed by atoms with Crippen LogP contribution < -0.4 is 5.32 Å². The highest BCUT2D eigenvalue weighted by atomic mass is 16.4. The lowest BCUT2D eigenvalue weighted by Crippen LogP contribution is -2.26. The highest BCUT2D eigenvalue weighted by molar-refractivity contribution is 5.99. The third-order valence-corrected chi connectivity index (χ3v) is 8.68. The molecule has 5 aromatic rings. The average Bonchev–Trinajstić information content (AvgIpc) is 3.79. The number of carboxylic acids is 1. The van der Waals surface area contributed by atoms with Crippen molar-refractivity contribution in [1.29, 1.82) is 0 Å². The number of fused-ring (bicyclic) bond motifs is 1. The van der Waals surface area contributed by atoms with Gasteiger partial charge in [0.1, 0.15) is 0 Å². The Morgan fingerprint density at radius 2 is 1.67 bits per heavy atom. The van der Waals surface area contributed by atoms with Crippen LogP contribution >= 0.6 is 0 Å². The first kappa shape index (κ1) is 27.5. The molecule has 0 saturated heterocycles. The summed E-state index contributed by atoms with van der Waals surface area (Å²) in [5.74, 6) is -0.171. The fourth-order valence-electron chi connectivity index (χ4n) is 5.90. The molecule has 0 spiro atoms. The molecule has 1 aliphatic rings. The van der Waals surface area contributed by atoms with Crippen LogP contribution in [0, 0.1) is 19.8 Å². The Labute approximate surface area is 246 Å². The molecule has 4 aromatic carbocycles. The zero-order valence-electron chi connectivity index (χ0n) is 24.4. The van der Waals surface area contributed by atoms with Crippen molar-refractivity contribution in [2.24, 2.45) is 5.92 Å². The third-order valence-electron chi connectivity index (χ3n) is 8.68. The lowest BCUT2D eigenvalue weighted by molar-refractivity contribution is 0.0697. The smallest absolute Gasteiger partial charge is 0.336 e. The van der Waals surface area contributed by atoms with Crippen molar-refractivity contribution in [2.45, 2.75) is 52.6 Å². The van der Waals surface area contributed by atoms with Gasteiger partial charge in [-0.2, -0.15) is 0 Å². The SMILES string of the molecule is Cc1c(C)n(Cc2ccc(-c3ccccc3C(=O)O)cc2)c2ccc(C(=O)N[C@@H](C)c3cccc(CC4CC4)c3)cc12. The molecule has 2 N–H and O–H groups in total. The van der Waals surface area contributed by atoms with E-state index in [1.54, 1.807) is 12.1 Å². The van der Waals surface area contributed by atoms with E-state index >= 15 is 0 Å². The fourth-order valence-corrected chi connectivity index (χ4v) is 5.90. The van der Waals surface area contributed by atoms with Crippen LogP contribution in [0.3, 0.4) is 0 Å². The molecule has 0 radical (unpaired) electrons. The van der Waals surface area contributed by atoms with Crippen LogP contribution in [0.25, 0.3) is 22.0 Å². The van der Waals surface area contributed by atoms with E-state index in [1.165, 1.54) is 18.4 Å². The van der Waals surface area contributed by atoms with Crippen LogP contribution in [0.15, 0.2) is 91.0 Å². The first-order valence-corrected chi connectivity index (χ1v) is 14.7. The Morgan fingerprint density at radius 1 is 0.905 bits per heavy atom. The Bertz CT molecular complexity index is 1790. The highest BCUT2D eigenvalue weighted by Crippen LogP contribution is 2.33. The summed E-state index contributed by atoms with van der Waals surface area (Å²) in [6, 6.07) is 29.6. The minimum Gasteiger partial charge on any atom is -0.478 e. The van der Waals surface area contributed by atoms with Gasteiger partial charge in [0.05, 0.1) is 11.6 Å². The Balaban J connectivity index is 1.20. The molecular formula is C37H36N2O3. The second-order valence-corrected chi connectivity index (χ2v) is 11.7. The number of aryl methyl sites for hydroxylation is 1. The molecule has 1 amide bonds. The molecule has 6 rings (SSSR count). The number of nitrogens with one attached hydrogen (secondary N) is 1. The summed E-state index contributed by atoms with van der Waals surface area (Å²) in [4.78, 5) is 25.0. The Kier molecular flexibility index (Phi) is 7.42. The van der Waals surface area contributed by atoms with E-state index in [2.05, 4.69) is 60.1 Å². The summed E-state index contributed by atoms with van der Waals surface area (Å²) >= 11 is 0. The molecule has 1 saturated carbocycles. The standard InChI is InChI=1S/C37H36N2O3/c1-23-25(3)39(22-27-13-15-29(16-14-27)32-9-4-5-10-33(32)37(41)42)35-18-17-31(21-34(23)35)36(40)38-24(2)30-8-6-7-28(20-30)19-26-11-12-26/h4-10,13-18,20-21,24,26H,11-12,19,22H2,1-3H3,(H,38,40)(H,41,42)/t24-/m0/s1. The summed E-state index contributed by atoms with van der Waals surface area (Å²) in [7, 11) is 0. The van der Waals surface area contributed by atoms with Gasteiger partial charge in [-0.05, 0) is 104 Å². The van der Waals surface area contributed by atoms with Gasteiger partial charge < -0.3 is 15.0 Å². The summed E-state index contributed by atoms with van der Waals surface area (Å²) in [5.41, 5.74) is 9.55. The average molecular weight is 557 g/mol. The topological polar surface area (TPSA) is 71.3 Å². The van der Waals surface area contributed by atoms with Gasteiger partial charge in [0.15, 0.2) is 0 Å². The van der Waals surface area contributed by atoms with Crippen molar-refractivity contribution in [1.82, 2.24) is 9.88 Å². The van der Waals surface area contributed by atoms with E-state index in [0.717, 1.165) is 51.2 Å². The van der Waals surface area contributed by atoms with Crippen LogP contribution in [0.2, 0.25) is 0 Å². The minimum absolute atomic E-state index is 0.0703. The molecule has 5 nitrogen and oxygen atoms in total. The molecule has 1 aliphatic carbocycles. The second kappa shape index (κ2) is 11.3. The van der Waals surface area contributed by atoms with Gasteiger partial charge in [0.25, 0.3) is 5.91 Å². The molecule has 0 aliphatic heterocycles.